The van der Waals surface area contributed by atoms with Crippen molar-refractivity contribution in [3.05, 3.63) is 22.8 Å². The molecule has 0 aliphatic carbocycles. The molecular weight excluding hydrogens is 302 g/mol. The lowest BCUT2D eigenvalue weighted by Gasteiger charge is -2.24. The van der Waals surface area contributed by atoms with Crippen LogP contribution in [0.1, 0.15) is 16.8 Å². The number of nitrogens with one attached hydrogen (secondary N) is 1. The van der Waals surface area contributed by atoms with Gasteiger partial charge in [-0.05, 0) is 12.5 Å². The van der Waals surface area contributed by atoms with E-state index in [1.807, 2.05) is 0 Å². The van der Waals surface area contributed by atoms with Crippen LogP contribution in [-0.4, -0.2) is 55.9 Å². The molecule has 2 rings (SSSR count). The standard InChI is InChI=1S/C12H16ClN3O3S/c1-14-11-5-9(10(13)6-15-11)12(17)16(2)8-3-4-20(18,19)7-8/h5-6,8H,3-4,7H2,1-2H3,(H,14,15). The number of carbonyl (C=O) groups excluding carboxylic acids is 1. The van der Waals surface area contributed by atoms with Crippen molar-refractivity contribution in [2.45, 2.75) is 12.5 Å². The first kappa shape index (κ1) is 15.1. The predicted molar refractivity (Wildman–Crippen MR) is 77.9 cm³/mol. The number of carbonyl (C=O) groups is 1. The van der Waals surface area contributed by atoms with E-state index < -0.39 is 9.84 Å². The third-order valence-corrected chi connectivity index (χ3v) is 5.47. The van der Waals surface area contributed by atoms with E-state index in [2.05, 4.69) is 10.3 Å². The number of amides is 1. The summed E-state index contributed by atoms with van der Waals surface area (Å²) in [6.45, 7) is 0. The zero-order valence-corrected chi connectivity index (χ0v) is 12.8. The van der Waals surface area contributed by atoms with Gasteiger partial charge in [-0.15, -0.1) is 0 Å². The molecule has 0 saturated carbocycles. The van der Waals surface area contributed by atoms with E-state index in [9.17, 15) is 13.2 Å². The Labute approximate surface area is 123 Å². The molecule has 0 bridgehead atoms. The molecule has 0 aromatic carbocycles. The molecule has 2 heterocycles. The first-order chi connectivity index (χ1) is 9.34. The number of anilines is 1. The molecule has 1 aliphatic heterocycles. The second-order valence-electron chi connectivity index (χ2n) is 4.77. The molecule has 1 N–H and O–H groups in total. The fourth-order valence-corrected chi connectivity index (χ4v) is 4.13. The van der Waals surface area contributed by atoms with Crippen LogP contribution in [0, 0.1) is 0 Å². The fraction of sp³-hybridized carbons (Fsp3) is 0.500. The SMILES string of the molecule is CNc1cc(C(=O)N(C)C2CCS(=O)(=O)C2)c(Cl)cn1. The third kappa shape index (κ3) is 3.04. The van der Waals surface area contributed by atoms with Crippen LogP contribution >= 0.6 is 11.6 Å². The third-order valence-electron chi connectivity index (χ3n) is 3.42. The van der Waals surface area contributed by atoms with Crippen LogP contribution in [0.4, 0.5) is 5.82 Å². The number of rotatable bonds is 3. The first-order valence-electron chi connectivity index (χ1n) is 6.15. The van der Waals surface area contributed by atoms with E-state index in [-0.39, 0.29) is 28.5 Å². The van der Waals surface area contributed by atoms with Gasteiger partial charge in [0.1, 0.15) is 5.82 Å². The molecule has 1 unspecified atom stereocenters. The summed E-state index contributed by atoms with van der Waals surface area (Å²) in [7, 11) is 0.262. The van der Waals surface area contributed by atoms with Crippen LogP contribution in [0.25, 0.3) is 0 Å². The largest absolute Gasteiger partial charge is 0.373 e. The van der Waals surface area contributed by atoms with E-state index in [4.69, 9.17) is 11.6 Å². The molecule has 1 fully saturated rings. The lowest BCUT2D eigenvalue weighted by atomic mass is 10.1. The zero-order chi connectivity index (χ0) is 14.9. The molecule has 1 aromatic heterocycles. The van der Waals surface area contributed by atoms with Crippen LogP contribution in [-0.2, 0) is 9.84 Å². The highest BCUT2D eigenvalue weighted by Crippen LogP contribution is 2.23. The van der Waals surface area contributed by atoms with Crippen molar-refractivity contribution in [3.63, 3.8) is 0 Å². The van der Waals surface area contributed by atoms with Gasteiger partial charge in [0.05, 0.1) is 22.1 Å². The van der Waals surface area contributed by atoms with Gasteiger partial charge in [-0.2, -0.15) is 0 Å². The summed E-state index contributed by atoms with van der Waals surface area (Å²) >= 11 is 6.00. The second-order valence-corrected chi connectivity index (χ2v) is 7.41. The molecule has 20 heavy (non-hydrogen) atoms. The van der Waals surface area contributed by atoms with Crippen molar-refractivity contribution in [2.24, 2.45) is 0 Å². The lowest BCUT2D eigenvalue weighted by Crippen LogP contribution is -2.38. The van der Waals surface area contributed by atoms with E-state index in [0.29, 0.717) is 17.8 Å². The minimum absolute atomic E-state index is 0.0107. The van der Waals surface area contributed by atoms with Gasteiger partial charge < -0.3 is 10.2 Å². The van der Waals surface area contributed by atoms with Crippen molar-refractivity contribution in [1.82, 2.24) is 9.88 Å². The minimum atomic E-state index is -3.03. The van der Waals surface area contributed by atoms with Gasteiger partial charge in [0.2, 0.25) is 0 Å². The van der Waals surface area contributed by atoms with Gasteiger partial charge in [-0.25, -0.2) is 13.4 Å². The summed E-state index contributed by atoms with van der Waals surface area (Å²) in [4.78, 5) is 17.9. The summed E-state index contributed by atoms with van der Waals surface area (Å²) in [6, 6.07) is 1.26. The molecule has 8 heteroatoms. The number of hydrogen-bond acceptors (Lipinski definition) is 5. The van der Waals surface area contributed by atoms with Crippen LogP contribution in [0.3, 0.4) is 0 Å². The molecule has 110 valence electrons. The number of sulfone groups is 1. The van der Waals surface area contributed by atoms with Crippen LogP contribution in [0.5, 0.6) is 0 Å². The normalized spacial score (nSPS) is 20.6. The zero-order valence-electron chi connectivity index (χ0n) is 11.3. The van der Waals surface area contributed by atoms with Gasteiger partial charge in [-0.3, -0.25) is 4.79 Å². The number of pyridine rings is 1. The molecule has 1 atom stereocenters. The van der Waals surface area contributed by atoms with E-state index in [1.165, 1.54) is 11.1 Å². The Morgan fingerprint density at radius 2 is 2.25 bits per heavy atom. The Balaban J connectivity index is 2.23. The molecule has 1 aliphatic rings. The highest BCUT2D eigenvalue weighted by Gasteiger charge is 2.33. The topological polar surface area (TPSA) is 79.4 Å². The number of hydrogen-bond donors (Lipinski definition) is 1. The van der Waals surface area contributed by atoms with Crippen molar-refractivity contribution >= 4 is 33.2 Å². The maximum absolute atomic E-state index is 12.4. The van der Waals surface area contributed by atoms with E-state index >= 15 is 0 Å². The quantitative estimate of drug-likeness (QED) is 0.901. The first-order valence-corrected chi connectivity index (χ1v) is 8.35. The summed E-state index contributed by atoms with van der Waals surface area (Å²) in [5.74, 6) is 0.374. The molecule has 1 amide bonds. The number of halogens is 1. The Bertz CT molecular complexity index is 633. The lowest BCUT2D eigenvalue weighted by molar-refractivity contribution is 0.0748. The Kier molecular flexibility index (Phi) is 4.19. The van der Waals surface area contributed by atoms with Crippen molar-refractivity contribution < 1.29 is 13.2 Å². The molecule has 1 saturated heterocycles. The molecular formula is C12H16ClN3O3S. The fourth-order valence-electron chi connectivity index (χ4n) is 2.18. The second kappa shape index (κ2) is 5.57. The average Bonchev–Trinajstić information content (AvgIpc) is 2.78. The monoisotopic (exact) mass is 317 g/mol. The van der Waals surface area contributed by atoms with Crippen molar-refractivity contribution in [2.75, 3.05) is 30.9 Å². The van der Waals surface area contributed by atoms with Crippen molar-refractivity contribution in [3.8, 4) is 0 Å². The van der Waals surface area contributed by atoms with Gasteiger partial charge in [0, 0.05) is 26.3 Å². The van der Waals surface area contributed by atoms with E-state index in [0.717, 1.165) is 0 Å². The summed E-state index contributed by atoms with van der Waals surface area (Å²) < 4.78 is 23.0. The Morgan fingerprint density at radius 3 is 2.80 bits per heavy atom. The molecule has 0 spiro atoms. The number of aromatic nitrogens is 1. The molecule has 1 aromatic rings. The van der Waals surface area contributed by atoms with E-state index in [1.54, 1.807) is 20.2 Å². The van der Waals surface area contributed by atoms with Gasteiger partial charge >= 0.3 is 0 Å². The molecule has 0 radical (unpaired) electrons. The van der Waals surface area contributed by atoms with Crippen LogP contribution in [0.2, 0.25) is 5.02 Å². The van der Waals surface area contributed by atoms with Crippen LogP contribution in [0.15, 0.2) is 12.3 Å². The summed E-state index contributed by atoms with van der Waals surface area (Å²) in [5, 5.41) is 3.09. The Morgan fingerprint density at radius 1 is 1.55 bits per heavy atom. The highest BCUT2D eigenvalue weighted by molar-refractivity contribution is 7.91. The Hall–Kier alpha value is -1.34. The maximum atomic E-state index is 12.4. The van der Waals surface area contributed by atoms with Gasteiger partial charge in [-0.1, -0.05) is 11.6 Å². The molecule has 6 nitrogen and oxygen atoms in total. The number of nitrogens with zero attached hydrogens (tertiary/aromatic N) is 2. The smallest absolute Gasteiger partial charge is 0.255 e. The van der Waals surface area contributed by atoms with Gasteiger partial charge in [0.25, 0.3) is 5.91 Å². The maximum Gasteiger partial charge on any atom is 0.255 e. The average molecular weight is 318 g/mol. The van der Waals surface area contributed by atoms with Crippen LogP contribution < -0.4 is 5.32 Å². The summed E-state index contributed by atoms with van der Waals surface area (Å²) in [6.07, 6.45) is 1.87. The summed E-state index contributed by atoms with van der Waals surface area (Å²) in [5.41, 5.74) is 0.317. The minimum Gasteiger partial charge on any atom is -0.373 e. The predicted octanol–water partition coefficient (Wildman–Crippen LogP) is 1.04. The van der Waals surface area contributed by atoms with Crippen molar-refractivity contribution in [1.29, 1.82) is 0 Å². The van der Waals surface area contributed by atoms with Gasteiger partial charge in [0.15, 0.2) is 9.84 Å². The highest BCUT2D eigenvalue weighted by atomic mass is 35.5.